The SMILES string of the molecule is CCC(C)(O)CCOC(C)(C)CCOCC(O)COc1ccc(C(C)(C)c2ccc(OC)cc2)cc1. The van der Waals surface area contributed by atoms with Crippen LogP contribution >= 0.6 is 0 Å². The van der Waals surface area contributed by atoms with Crippen LogP contribution in [0, 0.1) is 0 Å². The minimum Gasteiger partial charge on any atom is -0.497 e. The Hall–Kier alpha value is -2.12. The fourth-order valence-electron chi connectivity index (χ4n) is 3.72. The average molecular weight is 503 g/mol. The second-order valence-corrected chi connectivity index (χ2v) is 10.9. The van der Waals surface area contributed by atoms with Crippen molar-refractivity contribution in [3.63, 3.8) is 0 Å². The molecule has 202 valence electrons. The molecule has 0 radical (unpaired) electrons. The molecule has 0 heterocycles. The Bertz CT molecular complexity index is 887. The third kappa shape index (κ3) is 9.74. The lowest BCUT2D eigenvalue weighted by Gasteiger charge is -2.28. The standard InChI is InChI=1S/C30H46O6/c1-8-30(6,32)18-20-36-28(2,3)17-19-34-21-25(31)22-35-27-15-11-24(12-16-27)29(4,5)23-9-13-26(33-7)14-10-23/h9-16,25,31-32H,8,17-22H2,1-7H3. The summed E-state index contributed by atoms with van der Waals surface area (Å²) in [4.78, 5) is 0. The van der Waals surface area contributed by atoms with Crippen molar-refractivity contribution in [1.29, 1.82) is 0 Å². The minimum atomic E-state index is -0.718. The summed E-state index contributed by atoms with van der Waals surface area (Å²) in [5, 5.41) is 20.3. The molecule has 2 rings (SSSR count). The van der Waals surface area contributed by atoms with Crippen LogP contribution < -0.4 is 9.47 Å². The Morgan fingerprint density at radius 3 is 1.86 bits per heavy atom. The van der Waals surface area contributed by atoms with Gasteiger partial charge in [0.25, 0.3) is 0 Å². The number of benzene rings is 2. The summed E-state index contributed by atoms with van der Waals surface area (Å²) in [7, 11) is 1.67. The van der Waals surface area contributed by atoms with Crippen LogP contribution in [0.25, 0.3) is 0 Å². The molecule has 0 aliphatic rings. The Morgan fingerprint density at radius 2 is 1.33 bits per heavy atom. The Balaban J connectivity index is 1.72. The summed E-state index contributed by atoms with van der Waals surface area (Å²) in [5.74, 6) is 1.55. The van der Waals surface area contributed by atoms with Gasteiger partial charge in [-0.05, 0) is 75.4 Å². The molecule has 2 aromatic rings. The number of hydrogen-bond donors (Lipinski definition) is 2. The van der Waals surface area contributed by atoms with Gasteiger partial charge in [0.2, 0.25) is 0 Å². The fourth-order valence-corrected chi connectivity index (χ4v) is 3.72. The van der Waals surface area contributed by atoms with E-state index in [1.54, 1.807) is 7.11 Å². The maximum Gasteiger partial charge on any atom is 0.119 e. The Morgan fingerprint density at radius 1 is 0.778 bits per heavy atom. The molecule has 0 bridgehead atoms. The maximum absolute atomic E-state index is 10.3. The predicted molar refractivity (Wildman–Crippen MR) is 144 cm³/mol. The van der Waals surface area contributed by atoms with Gasteiger partial charge in [-0.25, -0.2) is 0 Å². The molecule has 2 atom stereocenters. The quantitative estimate of drug-likeness (QED) is 0.295. The van der Waals surface area contributed by atoms with Gasteiger partial charge in [0.05, 0.1) is 31.5 Å². The van der Waals surface area contributed by atoms with Crippen molar-refractivity contribution in [2.45, 2.75) is 83.5 Å². The van der Waals surface area contributed by atoms with E-state index in [0.29, 0.717) is 38.2 Å². The molecule has 36 heavy (non-hydrogen) atoms. The zero-order valence-electron chi connectivity index (χ0n) is 23.2. The molecule has 0 aromatic heterocycles. The van der Waals surface area contributed by atoms with Crippen LogP contribution in [-0.2, 0) is 14.9 Å². The van der Waals surface area contributed by atoms with Crippen molar-refractivity contribution in [3.05, 3.63) is 59.7 Å². The van der Waals surface area contributed by atoms with Gasteiger partial charge in [0.1, 0.15) is 24.2 Å². The van der Waals surface area contributed by atoms with Gasteiger partial charge in [-0.2, -0.15) is 0 Å². The molecular weight excluding hydrogens is 456 g/mol. The summed E-state index contributed by atoms with van der Waals surface area (Å²) < 4.78 is 22.6. The summed E-state index contributed by atoms with van der Waals surface area (Å²) in [6, 6.07) is 16.1. The molecule has 0 fully saturated rings. The molecule has 0 saturated heterocycles. The molecule has 0 saturated carbocycles. The molecule has 2 unspecified atom stereocenters. The van der Waals surface area contributed by atoms with Crippen molar-refractivity contribution in [2.75, 3.05) is 33.5 Å². The van der Waals surface area contributed by atoms with Crippen molar-refractivity contribution in [3.8, 4) is 11.5 Å². The van der Waals surface area contributed by atoms with E-state index in [0.717, 1.165) is 5.75 Å². The van der Waals surface area contributed by atoms with Crippen molar-refractivity contribution >= 4 is 0 Å². The van der Waals surface area contributed by atoms with Gasteiger partial charge < -0.3 is 29.2 Å². The first-order valence-electron chi connectivity index (χ1n) is 12.9. The van der Waals surface area contributed by atoms with E-state index in [1.807, 2.05) is 52.0 Å². The second-order valence-electron chi connectivity index (χ2n) is 10.9. The zero-order valence-corrected chi connectivity index (χ0v) is 23.2. The van der Waals surface area contributed by atoms with Gasteiger partial charge in [0, 0.05) is 12.0 Å². The molecule has 2 aromatic carbocycles. The smallest absolute Gasteiger partial charge is 0.119 e. The third-order valence-corrected chi connectivity index (χ3v) is 6.88. The van der Waals surface area contributed by atoms with Crippen LogP contribution in [-0.4, -0.2) is 61.1 Å². The number of hydrogen-bond acceptors (Lipinski definition) is 6. The first kappa shape index (κ1) is 30.1. The van der Waals surface area contributed by atoms with Gasteiger partial charge in [-0.15, -0.1) is 0 Å². The zero-order chi connectivity index (χ0) is 26.8. The van der Waals surface area contributed by atoms with Crippen molar-refractivity contribution < 1.29 is 29.2 Å². The Labute approximate surface area is 217 Å². The molecule has 0 aliphatic heterocycles. The fraction of sp³-hybridized carbons (Fsp3) is 0.600. The molecule has 0 amide bonds. The van der Waals surface area contributed by atoms with E-state index >= 15 is 0 Å². The van der Waals surface area contributed by atoms with Crippen LogP contribution in [0.15, 0.2) is 48.5 Å². The highest BCUT2D eigenvalue weighted by Gasteiger charge is 2.24. The lowest BCUT2D eigenvalue weighted by Crippen LogP contribution is -2.31. The van der Waals surface area contributed by atoms with Gasteiger partial charge in [-0.3, -0.25) is 0 Å². The monoisotopic (exact) mass is 502 g/mol. The number of ether oxygens (including phenoxy) is 4. The lowest BCUT2D eigenvalue weighted by molar-refractivity contribution is -0.0707. The van der Waals surface area contributed by atoms with Crippen LogP contribution in [0.5, 0.6) is 11.5 Å². The predicted octanol–water partition coefficient (Wildman–Crippen LogP) is 5.51. The largest absolute Gasteiger partial charge is 0.497 e. The third-order valence-electron chi connectivity index (χ3n) is 6.88. The number of aliphatic hydroxyl groups excluding tert-OH is 1. The van der Waals surface area contributed by atoms with Crippen LogP contribution in [0.4, 0.5) is 0 Å². The Kier molecular flexibility index (Phi) is 11.2. The van der Waals surface area contributed by atoms with Gasteiger partial charge in [0.15, 0.2) is 0 Å². The maximum atomic E-state index is 10.3. The highest BCUT2D eigenvalue weighted by molar-refractivity contribution is 5.41. The van der Waals surface area contributed by atoms with Gasteiger partial charge >= 0.3 is 0 Å². The first-order chi connectivity index (χ1) is 16.9. The topological polar surface area (TPSA) is 77.4 Å². The van der Waals surface area contributed by atoms with E-state index in [9.17, 15) is 10.2 Å². The summed E-state index contributed by atoms with van der Waals surface area (Å²) >= 11 is 0. The van der Waals surface area contributed by atoms with Gasteiger partial charge in [-0.1, -0.05) is 45.0 Å². The highest BCUT2D eigenvalue weighted by Crippen LogP contribution is 2.33. The average Bonchev–Trinajstić information content (AvgIpc) is 2.85. The van der Waals surface area contributed by atoms with Crippen LogP contribution in [0.2, 0.25) is 0 Å². The molecule has 6 nitrogen and oxygen atoms in total. The lowest BCUT2D eigenvalue weighted by atomic mass is 9.78. The van der Waals surface area contributed by atoms with E-state index in [2.05, 4.69) is 38.1 Å². The molecule has 6 heteroatoms. The van der Waals surface area contributed by atoms with Crippen LogP contribution in [0.3, 0.4) is 0 Å². The van der Waals surface area contributed by atoms with Crippen LogP contribution in [0.1, 0.15) is 71.9 Å². The second kappa shape index (κ2) is 13.4. The molecule has 0 spiro atoms. The van der Waals surface area contributed by atoms with E-state index < -0.39 is 11.7 Å². The molecule has 2 N–H and O–H groups in total. The highest BCUT2D eigenvalue weighted by atomic mass is 16.5. The minimum absolute atomic E-state index is 0.160. The van der Waals surface area contributed by atoms with E-state index in [4.69, 9.17) is 18.9 Å². The number of methoxy groups -OCH3 is 1. The first-order valence-corrected chi connectivity index (χ1v) is 12.9. The van der Waals surface area contributed by atoms with E-state index in [-0.39, 0.29) is 24.2 Å². The summed E-state index contributed by atoms with van der Waals surface area (Å²) in [6.07, 6.45) is 1.28. The molecule has 0 aliphatic carbocycles. The normalized spacial score (nSPS) is 14.8. The van der Waals surface area contributed by atoms with E-state index in [1.165, 1.54) is 11.1 Å². The van der Waals surface area contributed by atoms with Crippen molar-refractivity contribution in [1.82, 2.24) is 0 Å². The van der Waals surface area contributed by atoms with Crippen molar-refractivity contribution in [2.24, 2.45) is 0 Å². The summed E-state index contributed by atoms with van der Waals surface area (Å²) in [5.41, 5.74) is 1.16. The summed E-state index contributed by atoms with van der Waals surface area (Å²) in [6.45, 7) is 13.5. The number of rotatable bonds is 16. The molecular formula is C30H46O6. The number of aliphatic hydroxyl groups is 2.